The van der Waals surface area contributed by atoms with Gasteiger partial charge in [0.25, 0.3) is 0 Å². The summed E-state index contributed by atoms with van der Waals surface area (Å²) in [5, 5.41) is 8.99. The van der Waals surface area contributed by atoms with Gasteiger partial charge < -0.3 is 5.11 Å². The lowest BCUT2D eigenvalue weighted by molar-refractivity contribution is -0.138. The van der Waals surface area contributed by atoms with Crippen molar-refractivity contribution in [2.75, 3.05) is 0 Å². The second-order valence-corrected chi connectivity index (χ2v) is 9.98. The van der Waals surface area contributed by atoms with Gasteiger partial charge in [-0.25, -0.2) is 0 Å². The molecule has 0 unspecified atom stereocenters. The lowest BCUT2D eigenvalue weighted by atomic mass is 9.66. The average molecular weight is 393 g/mol. The molecule has 0 saturated heterocycles. The van der Waals surface area contributed by atoms with Crippen molar-refractivity contribution in [2.45, 2.75) is 68.5 Å². The van der Waals surface area contributed by atoms with Crippen LogP contribution in [0, 0.1) is 5.92 Å². The fraction of sp³-hybridized carbons (Fsp3) is 0.600. The predicted molar refractivity (Wildman–Crippen MR) is 98.0 cm³/mol. The lowest BCUT2D eigenvalue weighted by Crippen LogP contribution is -2.30. The highest BCUT2D eigenvalue weighted by atomic mass is 79.9. The van der Waals surface area contributed by atoms with E-state index in [9.17, 15) is 9.59 Å². The van der Waals surface area contributed by atoms with Gasteiger partial charge in [0.05, 0.1) is 4.32 Å². The van der Waals surface area contributed by atoms with E-state index in [1.165, 1.54) is 11.1 Å². The number of carboxylic acids is 1. The summed E-state index contributed by atoms with van der Waals surface area (Å²) >= 11 is 3.46. The van der Waals surface area contributed by atoms with Crippen LogP contribution >= 0.6 is 15.9 Å². The quantitative estimate of drug-likeness (QED) is 0.585. The molecular formula is C20H25BrO3. The summed E-state index contributed by atoms with van der Waals surface area (Å²) < 4.78 is -0.535. The van der Waals surface area contributed by atoms with Gasteiger partial charge >= 0.3 is 5.97 Å². The summed E-state index contributed by atoms with van der Waals surface area (Å²) in [6, 6.07) is 6.21. The van der Waals surface area contributed by atoms with Crippen LogP contribution in [0.3, 0.4) is 0 Å². The maximum absolute atomic E-state index is 12.5. The van der Waals surface area contributed by atoms with Crippen LogP contribution in [0.4, 0.5) is 0 Å². The van der Waals surface area contributed by atoms with Crippen LogP contribution in [-0.4, -0.2) is 21.2 Å². The van der Waals surface area contributed by atoms with Crippen LogP contribution in [0.5, 0.6) is 0 Å². The van der Waals surface area contributed by atoms with E-state index in [1.807, 2.05) is 19.9 Å². The van der Waals surface area contributed by atoms with Crippen LogP contribution in [-0.2, 0) is 16.6 Å². The summed E-state index contributed by atoms with van der Waals surface area (Å²) in [5.74, 6) is -0.230. The number of aryl methyl sites for hydroxylation is 1. The Labute approximate surface area is 152 Å². The van der Waals surface area contributed by atoms with E-state index in [4.69, 9.17) is 5.11 Å². The van der Waals surface area contributed by atoms with Crippen LogP contribution in [0.1, 0.15) is 73.9 Å². The Kier molecular flexibility index (Phi) is 4.63. The van der Waals surface area contributed by atoms with Crippen LogP contribution in [0.15, 0.2) is 18.2 Å². The molecule has 1 spiro atoms. The number of carbonyl (C=O) groups is 2. The fourth-order valence-electron chi connectivity index (χ4n) is 4.51. The van der Waals surface area contributed by atoms with Gasteiger partial charge in [-0.05, 0) is 80.9 Å². The Bertz CT molecular complexity index is 664. The van der Waals surface area contributed by atoms with E-state index in [1.54, 1.807) is 0 Å². The Morgan fingerprint density at radius 1 is 1.25 bits per heavy atom. The second kappa shape index (κ2) is 6.29. The van der Waals surface area contributed by atoms with Crippen molar-refractivity contribution in [1.29, 1.82) is 0 Å². The van der Waals surface area contributed by atoms with Gasteiger partial charge in [0.15, 0.2) is 5.78 Å². The number of alkyl halides is 1. The molecule has 1 aromatic rings. The Balaban J connectivity index is 1.79. The molecule has 2 aliphatic rings. The van der Waals surface area contributed by atoms with E-state index < -0.39 is 10.3 Å². The fourth-order valence-corrected chi connectivity index (χ4v) is 4.74. The van der Waals surface area contributed by atoms with Crippen LogP contribution in [0.25, 0.3) is 0 Å². The number of aliphatic carboxylic acids is 1. The maximum Gasteiger partial charge on any atom is 0.303 e. The monoisotopic (exact) mass is 392 g/mol. The highest BCUT2D eigenvalue weighted by Crippen LogP contribution is 2.50. The van der Waals surface area contributed by atoms with E-state index in [-0.39, 0.29) is 11.2 Å². The number of benzene rings is 1. The molecule has 1 aromatic carbocycles. The predicted octanol–water partition coefficient (Wildman–Crippen LogP) is 4.89. The lowest BCUT2D eigenvalue weighted by Gasteiger charge is -2.38. The topological polar surface area (TPSA) is 54.4 Å². The third-order valence-electron chi connectivity index (χ3n) is 5.88. The third kappa shape index (κ3) is 3.30. The number of carbonyl (C=O) groups excluding carboxylic acids is 1. The van der Waals surface area contributed by atoms with Crippen molar-refractivity contribution in [3.8, 4) is 0 Å². The summed E-state index contributed by atoms with van der Waals surface area (Å²) in [6.45, 7) is 3.77. The minimum Gasteiger partial charge on any atom is -0.481 e. The molecule has 0 aromatic heterocycles. The molecule has 0 aliphatic heterocycles. The highest BCUT2D eigenvalue weighted by Gasteiger charge is 2.42. The molecule has 0 heterocycles. The zero-order valence-corrected chi connectivity index (χ0v) is 16.0. The van der Waals surface area contributed by atoms with Gasteiger partial charge in [0.1, 0.15) is 0 Å². The van der Waals surface area contributed by atoms with E-state index in [0.717, 1.165) is 44.1 Å². The van der Waals surface area contributed by atoms with E-state index >= 15 is 0 Å². The normalized spacial score (nSPS) is 26.4. The largest absolute Gasteiger partial charge is 0.481 e. The zero-order valence-electron chi connectivity index (χ0n) is 14.4. The van der Waals surface area contributed by atoms with Crippen LogP contribution < -0.4 is 0 Å². The Morgan fingerprint density at radius 3 is 2.50 bits per heavy atom. The van der Waals surface area contributed by atoms with Gasteiger partial charge in [0.2, 0.25) is 0 Å². The first-order chi connectivity index (χ1) is 11.2. The molecule has 2 aliphatic carbocycles. The minimum atomic E-state index is -0.677. The molecule has 1 fully saturated rings. The maximum atomic E-state index is 12.5. The number of carboxylic acid groups (broad SMARTS) is 1. The average Bonchev–Trinajstić information content (AvgIpc) is 2.86. The van der Waals surface area contributed by atoms with Crippen molar-refractivity contribution < 1.29 is 14.7 Å². The minimum absolute atomic E-state index is 0.122. The van der Waals surface area contributed by atoms with Gasteiger partial charge in [-0.3, -0.25) is 9.59 Å². The zero-order chi connectivity index (χ0) is 17.5. The number of halogens is 1. The van der Waals surface area contributed by atoms with Gasteiger partial charge in [-0.1, -0.05) is 28.1 Å². The molecule has 0 atom stereocenters. The number of fused-ring (bicyclic) bond motifs is 2. The number of Topliss-reactive ketones (excluding diaryl/α,β-unsaturated/α-hetero) is 1. The Hall–Kier alpha value is -1.16. The van der Waals surface area contributed by atoms with Gasteiger partial charge in [-0.15, -0.1) is 0 Å². The van der Waals surface area contributed by atoms with Crippen molar-refractivity contribution in [3.05, 3.63) is 34.9 Å². The molecule has 0 bridgehead atoms. The molecule has 3 nitrogen and oxygen atoms in total. The molecule has 1 saturated carbocycles. The van der Waals surface area contributed by atoms with Crippen molar-refractivity contribution >= 4 is 27.7 Å². The van der Waals surface area contributed by atoms with Crippen LogP contribution in [0.2, 0.25) is 0 Å². The summed E-state index contributed by atoms with van der Waals surface area (Å²) in [5.41, 5.74) is 3.72. The molecule has 24 heavy (non-hydrogen) atoms. The molecule has 1 N–H and O–H groups in total. The number of ketones is 1. The Morgan fingerprint density at radius 2 is 1.92 bits per heavy atom. The summed E-state index contributed by atoms with van der Waals surface area (Å²) in [4.78, 5) is 23.4. The summed E-state index contributed by atoms with van der Waals surface area (Å²) in [6.07, 6.45) is 6.63. The van der Waals surface area contributed by atoms with E-state index in [2.05, 4.69) is 28.1 Å². The first-order valence-corrected chi connectivity index (χ1v) is 9.59. The standard InChI is InChI=1S/C20H25BrO3/c1-19(2,21)18(24)15-3-4-16-14(12-15)7-10-20(16)8-5-13(6-9-20)11-17(22)23/h3-4,12-13H,5-11H2,1-2H3,(H,22,23). The van der Waals surface area contributed by atoms with Crippen molar-refractivity contribution in [3.63, 3.8) is 0 Å². The SMILES string of the molecule is CC(C)(Br)C(=O)c1ccc2c(c1)CCC21CCC(CC(=O)O)CC1. The van der Waals surface area contributed by atoms with Crippen molar-refractivity contribution in [1.82, 2.24) is 0 Å². The molecule has 3 rings (SSSR count). The van der Waals surface area contributed by atoms with Gasteiger partial charge in [0, 0.05) is 12.0 Å². The highest BCUT2D eigenvalue weighted by molar-refractivity contribution is 9.10. The first-order valence-electron chi connectivity index (χ1n) is 8.80. The third-order valence-corrected chi connectivity index (χ3v) is 6.24. The summed E-state index contributed by atoms with van der Waals surface area (Å²) in [7, 11) is 0. The van der Waals surface area contributed by atoms with E-state index in [0.29, 0.717) is 12.3 Å². The number of hydrogen-bond donors (Lipinski definition) is 1. The molecule has 0 radical (unpaired) electrons. The molecule has 0 amide bonds. The number of hydrogen-bond acceptors (Lipinski definition) is 2. The smallest absolute Gasteiger partial charge is 0.303 e. The number of rotatable bonds is 4. The van der Waals surface area contributed by atoms with Crippen molar-refractivity contribution in [2.24, 2.45) is 5.92 Å². The molecule has 4 heteroatoms. The molecular weight excluding hydrogens is 368 g/mol. The second-order valence-electron chi connectivity index (χ2n) is 8.00. The van der Waals surface area contributed by atoms with Gasteiger partial charge in [-0.2, -0.15) is 0 Å². The first kappa shape index (κ1) is 17.7. The molecule has 130 valence electrons.